The van der Waals surface area contributed by atoms with E-state index in [2.05, 4.69) is 22.5 Å². The molecule has 18 heavy (non-hydrogen) atoms. The fourth-order valence-corrected chi connectivity index (χ4v) is 2.52. The summed E-state index contributed by atoms with van der Waals surface area (Å²) in [4.78, 5) is 14.1. The molecule has 2 N–H and O–H groups in total. The molecule has 4 nitrogen and oxygen atoms in total. The first-order valence-corrected chi connectivity index (χ1v) is 7.46. The van der Waals surface area contributed by atoms with Crippen molar-refractivity contribution in [2.45, 2.75) is 45.1 Å². The number of carbonyl (C=O) groups excluding carboxylic acids is 1. The van der Waals surface area contributed by atoms with Gasteiger partial charge in [0.05, 0.1) is 0 Å². The molecular weight excluding hydrogens is 226 g/mol. The highest BCUT2D eigenvalue weighted by Crippen LogP contribution is 2.18. The molecule has 1 aliphatic carbocycles. The van der Waals surface area contributed by atoms with E-state index in [1.165, 1.54) is 38.8 Å². The standard InChI is InChI=1S/C14H27N3O/c1-12(11-17-8-2-3-9-17)10-16-14(18)6-7-15-13-4-5-13/h12-13,15H,2-11H2,1H3,(H,16,18). The molecule has 1 atom stereocenters. The normalized spacial score (nSPS) is 22.1. The molecule has 1 saturated carbocycles. The van der Waals surface area contributed by atoms with Crippen LogP contribution < -0.4 is 10.6 Å². The molecular formula is C14H27N3O. The van der Waals surface area contributed by atoms with Gasteiger partial charge in [-0.2, -0.15) is 0 Å². The fraction of sp³-hybridized carbons (Fsp3) is 0.929. The van der Waals surface area contributed by atoms with Gasteiger partial charge in [0.2, 0.25) is 5.91 Å². The lowest BCUT2D eigenvalue weighted by molar-refractivity contribution is -0.121. The molecule has 2 rings (SSSR count). The van der Waals surface area contributed by atoms with Crippen molar-refractivity contribution in [3.8, 4) is 0 Å². The van der Waals surface area contributed by atoms with Gasteiger partial charge >= 0.3 is 0 Å². The Labute approximate surface area is 110 Å². The van der Waals surface area contributed by atoms with Gasteiger partial charge in [0, 0.05) is 32.1 Å². The highest BCUT2D eigenvalue weighted by molar-refractivity contribution is 5.76. The number of hydrogen-bond acceptors (Lipinski definition) is 3. The SMILES string of the molecule is CC(CNC(=O)CCNC1CC1)CN1CCCC1. The predicted octanol–water partition coefficient (Wildman–Crippen LogP) is 0.977. The first-order valence-electron chi connectivity index (χ1n) is 7.46. The second-order valence-corrected chi connectivity index (χ2v) is 5.90. The van der Waals surface area contributed by atoms with Crippen molar-refractivity contribution in [2.24, 2.45) is 5.92 Å². The van der Waals surface area contributed by atoms with Crippen molar-refractivity contribution in [2.75, 3.05) is 32.7 Å². The molecule has 1 amide bonds. The zero-order chi connectivity index (χ0) is 12.8. The van der Waals surface area contributed by atoms with Crippen LogP contribution in [0.25, 0.3) is 0 Å². The maximum Gasteiger partial charge on any atom is 0.221 e. The topological polar surface area (TPSA) is 44.4 Å². The molecule has 2 aliphatic rings. The fourth-order valence-electron chi connectivity index (χ4n) is 2.52. The summed E-state index contributed by atoms with van der Waals surface area (Å²) in [6, 6.07) is 0.701. The lowest BCUT2D eigenvalue weighted by Crippen LogP contribution is -2.35. The van der Waals surface area contributed by atoms with Crippen LogP contribution in [-0.4, -0.2) is 49.6 Å². The van der Waals surface area contributed by atoms with Crippen molar-refractivity contribution < 1.29 is 4.79 Å². The van der Waals surface area contributed by atoms with Gasteiger partial charge in [0.25, 0.3) is 0 Å². The van der Waals surface area contributed by atoms with E-state index in [0.29, 0.717) is 18.4 Å². The van der Waals surface area contributed by atoms with E-state index in [-0.39, 0.29) is 5.91 Å². The molecule has 0 bridgehead atoms. The van der Waals surface area contributed by atoms with E-state index in [0.717, 1.165) is 19.6 Å². The first kappa shape index (κ1) is 13.8. The van der Waals surface area contributed by atoms with Crippen LogP contribution in [0.5, 0.6) is 0 Å². The Hall–Kier alpha value is -0.610. The molecule has 104 valence electrons. The Balaban J connectivity index is 1.48. The third-order valence-electron chi connectivity index (χ3n) is 3.78. The van der Waals surface area contributed by atoms with Crippen molar-refractivity contribution in [3.63, 3.8) is 0 Å². The summed E-state index contributed by atoms with van der Waals surface area (Å²) in [5.41, 5.74) is 0. The van der Waals surface area contributed by atoms with E-state index in [1.54, 1.807) is 0 Å². The molecule has 1 unspecified atom stereocenters. The van der Waals surface area contributed by atoms with Crippen molar-refractivity contribution >= 4 is 5.91 Å². The molecule has 0 radical (unpaired) electrons. The summed E-state index contributed by atoms with van der Waals surface area (Å²) in [5.74, 6) is 0.750. The zero-order valence-corrected chi connectivity index (χ0v) is 11.6. The van der Waals surface area contributed by atoms with Crippen LogP contribution in [0, 0.1) is 5.92 Å². The second-order valence-electron chi connectivity index (χ2n) is 5.90. The summed E-state index contributed by atoms with van der Waals surface area (Å²) < 4.78 is 0. The van der Waals surface area contributed by atoms with Crippen LogP contribution in [0.1, 0.15) is 39.0 Å². The Morgan fingerprint density at radius 1 is 1.33 bits per heavy atom. The Morgan fingerprint density at radius 2 is 2.06 bits per heavy atom. The lowest BCUT2D eigenvalue weighted by atomic mass is 10.1. The molecule has 1 heterocycles. The van der Waals surface area contributed by atoms with Crippen LogP contribution in [0.15, 0.2) is 0 Å². The van der Waals surface area contributed by atoms with E-state index in [1.807, 2.05) is 0 Å². The minimum atomic E-state index is 0.191. The van der Waals surface area contributed by atoms with Gasteiger partial charge in [-0.25, -0.2) is 0 Å². The Bertz CT molecular complexity index is 260. The van der Waals surface area contributed by atoms with Gasteiger partial charge in [-0.3, -0.25) is 4.79 Å². The average molecular weight is 253 g/mol. The van der Waals surface area contributed by atoms with Gasteiger partial charge in [0.15, 0.2) is 0 Å². The highest BCUT2D eigenvalue weighted by Gasteiger charge is 2.20. The maximum absolute atomic E-state index is 11.6. The molecule has 4 heteroatoms. The largest absolute Gasteiger partial charge is 0.356 e. The number of hydrogen-bond donors (Lipinski definition) is 2. The molecule has 1 saturated heterocycles. The molecule has 0 aromatic rings. The van der Waals surface area contributed by atoms with Crippen molar-refractivity contribution in [1.29, 1.82) is 0 Å². The smallest absolute Gasteiger partial charge is 0.221 e. The van der Waals surface area contributed by atoms with Gasteiger partial charge in [-0.15, -0.1) is 0 Å². The van der Waals surface area contributed by atoms with Crippen LogP contribution in [0.3, 0.4) is 0 Å². The van der Waals surface area contributed by atoms with Gasteiger partial charge in [-0.1, -0.05) is 6.92 Å². The van der Waals surface area contributed by atoms with Crippen LogP contribution in [0.4, 0.5) is 0 Å². The third kappa shape index (κ3) is 5.36. The molecule has 0 aromatic heterocycles. The number of nitrogens with zero attached hydrogens (tertiary/aromatic N) is 1. The molecule has 2 fully saturated rings. The summed E-state index contributed by atoms with van der Waals surface area (Å²) in [6.07, 6.45) is 5.87. The molecule has 0 aromatic carbocycles. The molecule has 1 aliphatic heterocycles. The van der Waals surface area contributed by atoms with E-state index in [4.69, 9.17) is 0 Å². The number of amides is 1. The minimum Gasteiger partial charge on any atom is -0.356 e. The first-order chi connectivity index (χ1) is 8.74. The van der Waals surface area contributed by atoms with Gasteiger partial charge < -0.3 is 15.5 Å². The summed E-state index contributed by atoms with van der Waals surface area (Å²) >= 11 is 0. The van der Waals surface area contributed by atoms with Gasteiger partial charge in [0.1, 0.15) is 0 Å². The highest BCUT2D eigenvalue weighted by atomic mass is 16.1. The van der Waals surface area contributed by atoms with Crippen LogP contribution >= 0.6 is 0 Å². The van der Waals surface area contributed by atoms with Crippen LogP contribution in [0.2, 0.25) is 0 Å². The predicted molar refractivity (Wildman–Crippen MR) is 73.5 cm³/mol. The quantitative estimate of drug-likeness (QED) is 0.678. The Morgan fingerprint density at radius 3 is 2.72 bits per heavy atom. The van der Waals surface area contributed by atoms with E-state index in [9.17, 15) is 4.79 Å². The lowest BCUT2D eigenvalue weighted by Gasteiger charge is -2.20. The van der Waals surface area contributed by atoms with Gasteiger partial charge in [-0.05, 0) is 44.7 Å². The molecule has 0 spiro atoms. The maximum atomic E-state index is 11.6. The number of rotatable bonds is 8. The number of carbonyl (C=O) groups is 1. The van der Waals surface area contributed by atoms with Crippen LogP contribution in [-0.2, 0) is 4.79 Å². The third-order valence-corrected chi connectivity index (χ3v) is 3.78. The average Bonchev–Trinajstić information content (AvgIpc) is 3.03. The van der Waals surface area contributed by atoms with E-state index < -0.39 is 0 Å². The summed E-state index contributed by atoms with van der Waals surface area (Å²) in [5, 5.41) is 6.41. The number of nitrogens with one attached hydrogen (secondary N) is 2. The number of likely N-dealkylation sites (tertiary alicyclic amines) is 1. The minimum absolute atomic E-state index is 0.191. The second kappa shape index (κ2) is 7.10. The van der Waals surface area contributed by atoms with Crippen molar-refractivity contribution in [1.82, 2.24) is 15.5 Å². The monoisotopic (exact) mass is 253 g/mol. The van der Waals surface area contributed by atoms with E-state index >= 15 is 0 Å². The summed E-state index contributed by atoms with van der Waals surface area (Å²) in [7, 11) is 0. The summed E-state index contributed by atoms with van der Waals surface area (Å²) in [6.45, 7) is 7.48. The zero-order valence-electron chi connectivity index (χ0n) is 11.6. The van der Waals surface area contributed by atoms with Crippen molar-refractivity contribution in [3.05, 3.63) is 0 Å². The Kier molecular flexibility index (Phi) is 5.45.